The summed E-state index contributed by atoms with van der Waals surface area (Å²) in [6.45, 7) is 2.79. The Hall–Kier alpha value is -2.05. The summed E-state index contributed by atoms with van der Waals surface area (Å²) >= 11 is 0. The van der Waals surface area contributed by atoms with E-state index in [-0.39, 0.29) is 12.5 Å². The molecular formula is C75H139NO13. The van der Waals surface area contributed by atoms with Crippen LogP contribution in [0.3, 0.4) is 0 Å². The number of aliphatic hydroxyl groups is 8. The van der Waals surface area contributed by atoms with E-state index in [1.54, 1.807) is 0 Å². The Kier molecular flexibility index (Phi) is 55.7. The number of hydrogen-bond acceptors (Lipinski definition) is 13. The molecule has 14 heteroatoms. The van der Waals surface area contributed by atoms with Gasteiger partial charge in [-0.05, 0) is 51.4 Å². The van der Waals surface area contributed by atoms with Gasteiger partial charge in [-0.15, -0.1) is 0 Å². The number of allylic oxidation sites excluding steroid dienone is 8. The summed E-state index contributed by atoms with van der Waals surface area (Å²) in [5.74, 6) is -0.200. The fraction of sp³-hybridized carbons (Fsp3) is 0.880. The van der Waals surface area contributed by atoms with Gasteiger partial charge in [0.2, 0.25) is 5.91 Å². The fourth-order valence-corrected chi connectivity index (χ4v) is 12.4. The van der Waals surface area contributed by atoms with Gasteiger partial charge in [0, 0.05) is 6.42 Å². The molecule has 0 aromatic rings. The average molecular weight is 1260 g/mol. The van der Waals surface area contributed by atoms with Gasteiger partial charge in [-0.3, -0.25) is 4.79 Å². The van der Waals surface area contributed by atoms with Crippen LogP contribution in [0, 0.1) is 0 Å². The van der Waals surface area contributed by atoms with E-state index in [1.165, 1.54) is 225 Å². The van der Waals surface area contributed by atoms with Crippen LogP contribution in [0.5, 0.6) is 0 Å². The molecule has 0 spiro atoms. The van der Waals surface area contributed by atoms with Gasteiger partial charge in [-0.2, -0.15) is 0 Å². The van der Waals surface area contributed by atoms with Crippen LogP contribution in [0.1, 0.15) is 328 Å². The van der Waals surface area contributed by atoms with E-state index in [0.29, 0.717) is 12.8 Å². The number of rotatable bonds is 62. The summed E-state index contributed by atoms with van der Waals surface area (Å²) in [6.07, 6.45) is 61.6. The Labute approximate surface area is 543 Å². The maximum absolute atomic E-state index is 13.4. The fourth-order valence-electron chi connectivity index (χ4n) is 12.4. The van der Waals surface area contributed by atoms with Crippen molar-refractivity contribution in [2.24, 2.45) is 0 Å². The summed E-state index contributed by atoms with van der Waals surface area (Å²) in [5.41, 5.74) is 0. The number of unbranched alkanes of at least 4 members (excludes halogenated alkanes) is 41. The van der Waals surface area contributed by atoms with Crippen molar-refractivity contribution in [3.8, 4) is 0 Å². The molecule has 0 radical (unpaired) electrons. The summed E-state index contributed by atoms with van der Waals surface area (Å²) in [5, 5.41) is 87.6. The molecule has 1 amide bonds. The second kappa shape index (κ2) is 59.7. The predicted octanol–water partition coefficient (Wildman–Crippen LogP) is 15.9. The standard InChI is InChI=1S/C75H139NO13/c1-3-5-7-9-11-13-15-17-19-21-22-23-24-25-26-27-28-29-30-31-32-33-34-35-36-37-38-39-40-41-42-43-45-47-49-51-53-55-57-59-67(80)76-63(64(79)58-56-54-52-50-48-46-44-20-18-16-14-12-10-8-6-4-2)62-86-74-72(85)70(83)73(66(61-78)88-74)89-75-71(84)69(82)68(81)65(60-77)87-75/h5,7,11,13,17,19,22-23,63-66,68-75,77-79,81-85H,3-4,6,8-10,12,14-16,18,20-21,24-62H2,1-2H3,(H,76,80)/b7-5-,13-11-,19-17-,23-22-. The van der Waals surface area contributed by atoms with Crippen molar-refractivity contribution in [3.05, 3.63) is 48.6 Å². The van der Waals surface area contributed by atoms with Crippen LogP contribution >= 0.6 is 0 Å². The molecule has 522 valence electrons. The summed E-state index contributed by atoms with van der Waals surface area (Å²) in [4.78, 5) is 13.4. The quantitative estimate of drug-likeness (QED) is 0.0204. The molecule has 2 heterocycles. The molecule has 12 unspecified atom stereocenters. The first-order valence-electron chi connectivity index (χ1n) is 37.4. The largest absolute Gasteiger partial charge is 0.394 e. The lowest BCUT2D eigenvalue weighted by molar-refractivity contribution is -0.359. The van der Waals surface area contributed by atoms with Crippen molar-refractivity contribution in [1.82, 2.24) is 5.32 Å². The maximum atomic E-state index is 13.4. The SMILES string of the molecule is CC/C=C\C/C=C\C/C=C\C/C=C\CCCCCCCCCCCCCCCCCCCCCCCCCCCCC(=O)NC(COC1OC(CO)C(OC2OC(CO)C(O)C(O)C2O)C(O)C1O)C(O)CCCCCCCCCCCCCCCCCC. The zero-order chi connectivity index (χ0) is 64.5. The predicted molar refractivity (Wildman–Crippen MR) is 364 cm³/mol. The van der Waals surface area contributed by atoms with E-state index in [0.717, 1.165) is 77.0 Å². The molecule has 14 nitrogen and oxygen atoms in total. The van der Waals surface area contributed by atoms with Crippen LogP contribution < -0.4 is 5.32 Å². The minimum atomic E-state index is -1.78. The zero-order valence-electron chi connectivity index (χ0n) is 56.9. The number of hydrogen-bond donors (Lipinski definition) is 9. The summed E-state index contributed by atoms with van der Waals surface area (Å²) in [6, 6.07) is -0.827. The van der Waals surface area contributed by atoms with E-state index in [4.69, 9.17) is 18.9 Å². The van der Waals surface area contributed by atoms with Crippen LogP contribution in [0.15, 0.2) is 48.6 Å². The van der Waals surface area contributed by atoms with Gasteiger partial charge >= 0.3 is 0 Å². The molecule has 2 saturated heterocycles. The Balaban J connectivity index is 1.55. The minimum Gasteiger partial charge on any atom is -0.394 e. The highest BCUT2D eigenvalue weighted by Gasteiger charge is 2.51. The molecule has 12 atom stereocenters. The number of ether oxygens (including phenoxy) is 4. The first-order chi connectivity index (χ1) is 43.6. The Morgan fingerprint density at radius 3 is 1.19 bits per heavy atom. The van der Waals surface area contributed by atoms with Crippen molar-refractivity contribution >= 4 is 5.91 Å². The van der Waals surface area contributed by atoms with Gasteiger partial charge in [0.05, 0.1) is 32.0 Å². The van der Waals surface area contributed by atoms with E-state index in [2.05, 4.69) is 67.8 Å². The van der Waals surface area contributed by atoms with Crippen molar-refractivity contribution in [2.45, 2.75) is 402 Å². The molecule has 89 heavy (non-hydrogen) atoms. The summed E-state index contributed by atoms with van der Waals surface area (Å²) < 4.78 is 22.9. The molecule has 0 bridgehead atoms. The van der Waals surface area contributed by atoms with E-state index < -0.39 is 86.8 Å². The van der Waals surface area contributed by atoms with Crippen LogP contribution in [-0.4, -0.2) is 140 Å². The van der Waals surface area contributed by atoms with Gasteiger partial charge in [0.25, 0.3) is 0 Å². The van der Waals surface area contributed by atoms with Crippen LogP contribution in [0.2, 0.25) is 0 Å². The zero-order valence-corrected chi connectivity index (χ0v) is 56.9. The van der Waals surface area contributed by atoms with Gasteiger partial charge in [-0.1, -0.05) is 319 Å². The topological polar surface area (TPSA) is 228 Å². The van der Waals surface area contributed by atoms with Crippen molar-refractivity contribution in [1.29, 1.82) is 0 Å². The van der Waals surface area contributed by atoms with Gasteiger partial charge in [0.1, 0.15) is 48.8 Å². The lowest BCUT2D eigenvalue weighted by Crippen LogP contribution is -2.65. The minimum absolute atomic E-state index is 0.200. The van der Waals surface area contributed by atoms with E-state index in [9.17, 15) is 45.6 Å². The molecule has 0 saturated carbocycles. The van der Waals surface area contributed by atoms with Crippen LogP contribution in [-0.2, 0) is 23.7 Å². The first kappa shape index (κ1) is 83.0. The summed E-state index contributed by atoms with van der Waals surface area (Å²) in [7, 11) is 0. The van der Waals surface area contributed by atoms with E-state index >= 15 is 0 Å². The smallest absolute Gasteiger partial charge is 0.220 e. The second-order valence-electron chi connectivity index (χ2n) is 26.4. The third-order valence-corrected chi connectivity index (χ3v) is 18.3. The molecule has 9 N–H and O–H groups in total. The number of carbonyl (C=O) groups excluding carboxylic acids is 1. The molecule has 0 aromatic carbocycles. The van der Waals surface area contributed by atoms with Crippen molar-refractivity contribution < 1.29 is 64.6 Å². The molecule has 2 rings (SSSR count). The normalized spacial score (nSPS) is 23.3. The van der Waals surface area contributed by atoms with Gasteiger partial charge in [0.15, 0.2) is 12.6 Å². The first-order valence-corrected chi connectivity index (χ1v) is 37.4. The lowest BCUT2D eigenvalue weighted by atomic mass is 9.97. The molecule has 2 aliphatic heterocycles. The Morgan fingerprint density at radius 1 is 0.416 bits per heavy atom. The number of carbonyl (C=O) groups is 1. The second-order valence-corrected chi connectivity index (χ2v) is 26.4. The van der Waals surface area contributed by atoms with Gasteiger partial charge in [-0.25, -0.2) is 0 Å². The highest BCUT2D eigenvalue weighted by atomic mass is 16.7. The third kappa shape index (κ3) is 43.5. The number of aliphatic hydroxyl groups excluding tert-OH is 8. The highest BCUT2D eigenvalue weighted by molar-refractivity contribution is 5.76. The van der Waals surface area contributed by atoms with Crippen LogP contribution in [0.25, 0.3) is 0 Å². The van der Waals surface area contributed by atoms with Crippen molar-refractivity contribution in [2.75, 3.05) is 19.8 Å². The molecule has 2 aliphatic rings. The van der Waals surface area contributed by atoms with Crippen molar-refractivity contribution in [3.63, 3.8) is 0 Å². The lowest BCUT2D eigenvalue weighted by Gasteiger charge is -2.46. The Morgan fingerprint density at radius 2 is 0.775 bits per heavy atom. The van der Waals surface area contributed by atoms with Crippen LogP contribution in [0.4, 0.5) is 0 Å². The number of nitrogens with one attached hydrogen (secondary N) is 1. The molecule has 2 fully saturated rings. The molecular weight excluding hydrogens is 1120 g/mol. The molecule has 0 aliphatic carbocycles. The maximum Gasteiger partial charge on any atom is 0.220 e. The highest BCUT2D eigenvalue weighted by Crippen LogP contribution is 2.30. The molecule has 0 aromatic heterocycles. The number of amides is 1. The average Bonchev–Trinajstić information content (AvgIpc) is 2.55. The monoisotopic (exact) mass is 1260 g/mol. The van der Waals surface area contributed by atoms with E-state index in [1.807, 2.05) is 0 Å². The third-order valence-electron chi connectivity index (χ3n) is 18.3. The Bertz CT molecular complexity index is 1680. The van der Waals surface area contributed by atoms with Gasteiger partial charge < -0.3 is 65.1 Å².